The Balaban J connectivity index is 1.31. The van der Waals surface area contributed by atoms with Gasteiger partial charge >= 0.3 is 0 Å². The van der Waals surface area contributed by atoms with Crippen molar-refractivity contribution in [1.82, 2.24) is 5.32 Å². The fourth-order valence-electron chi connectivity index (χ4n) is 12.6. The van der Waals surface area contributed by atoms with E-state index in [2.05, 4.69) is 33.0 Å². The highest BCUT2D eigenvalue weighted by Gasteiger charge is 2.66. The summed E-state index contributed by atoms with van der Waals surface area (Å²) in [5, 5.41) is 3.81. The van der Waals surface area contributed by atoms with Gasteiger partial charge < -0.3 is 36.7 Å². The molecule has 4 saturated carbocycles. The van der Waals surface area contributed by atoms with Crippen molar-refractivity contribution in [3.63, 3.8) is 0 Å². The molecule has 0 radical (unpaired) electrons. The van der Waals surface area contributed by atoms with Crippen LogP contribution < -0.4 is 22.5 Å². The zero-order valence-corrected chi connectivity index (χ0v) is 36.3. The van der Waals surface area contributed by atoms with E-state index in [1.165, 1.54) is 135 Å². The Kier molecular flexibility index (Phi) is 21.7. The lowest BCUT2D eigenvalue weighted by atomic mass is 9.43. The quantitative estimate of drug-likeness (QED) is 0.0539. The molecule has 0 aromatic heterocycles. The lowest BCUT2D eigenvalue weighted by molar-refractivity contribution is -0.227. The summed E-state index contributed by atoms with van der Waals surface area (Å²) in [7, 11) is 0. The highest BCUT2D eigenvalue weighted by molar-refractivity contribution is 5.15. The fraction of sp³-hybridized carbons (Fsp3) is 1.00. The largest absolute Gasteiger partial charge is 0.378 e. The summed E-state index contributed by atoms with van der Waals surface area (Å²) in [6.07, 6.45) is 32.0. The number of hydrogen-bond donors (Lipinski definition) is 4. The van der Waals surface area contributed by atoms with Gasteiger partial charge in [-0.25, -0.2) is 0 Å². The predicted molar refractivity (Wildman–Crippen MR) is 229 cm³/mol. The molecule has 6 unspecified atom stereocenters. The summed E-state index contributed by atoms with van der Waals surface area (Å²) in [6.45, 7) is 17.0. The minimum absolute atomic E-state index is 0.179. The molecular weight excluding hydrogens is 669 g/mol. The summed E-state index contributed by atoms with van der Waals surface area (Å²) >= 11 is 0. The maximum atomic E-state index is 7.06. The van der Waals surface area contributed by atoms with E-state index in [1.807, 2.05) is 0 Å². The minimum Gasteiger partial charge on any atom is -0.378 e. The molecule has 4 aliphatic carbocycles. The molecule has 4 rings (SSSR count). The smallest absolute Gasteiger partial charge is 0.0637 e. The van der Waals surface area contributed by atoms with Crippen LogP contribution in [0.1, 0.15) is 182 Å². The second-order valence-corrected chi connectivity index (χ2v) is 19.2. The molecule has 4 aliphatic rings. The van der Waals surface area contributed by atoms with Crippen LogP contribution in [0.5, 0.6) is 0 Å². The zero-order valence-electron chi connectivity index (χ0n) is 36.3. The molecule has 11 atom stereocenters. The van der Waals surface area contributed by atoms with Gasteiger partial charge in [0.1, 0.15) is 0 Å². The van der Waals surface area contributed by atoms with Crippen LogP contribution in [0, 0.1) is 46.3 Å². The Labute approximate surface area is 334 Å². The van der Waals surface area contributed by atoms with Crippen molar-refractivity contribution >= 4 is 0 Å². The van der Waals surface area contributed by atoms with E-state index < -0.39 is 0 Å². The van der Waals surface area contributed by atoms with E-state index >= 15 is 0 Å². The third kappa shape index (κ3) is 12.9. The molecule has 0 amide bonds. The number of ether oxygens (including phenoxy) is 3. The van der Waals surface area contributed by atoms with Gasteiger partial charge in [0.2, 0.25) is 0 Å². The molecule has 7 heteroatoms. The predicted octanol–water partition coefficient (Wildman–Crippen LogP) is 9.77. The normalized spacial score (nSPS) is 34.1. The molecule has 0 saturated heterocycles. The molecule has 7 N–H and O–H groups in total. The zero-order chi connectivity index (χ0) is 38.7. The van der Waals surface area contributed by atoms with Gasteiger partial charge in [-0.2, -0.15) is 0 Å². The monoisotopic (exact) mass is 761 g/mol. The van der Waals surface area contributed by atoms with Crippen LogP contribution in [0.15, 0.2) is 0 Å². The van der Waals surface area contributed by atoms with Crippen LogP contribution in [0.3, 0.4) is 0 Å². The van der Waals surface area contributed by atoms with Crippen molar-refractivity contribution in [1.29, 1.82) is 0 Å². The second kappa shape index (κ2) is 25.3. The SMILES string of the molecule is CCCCCCCCCCCCCCNCCCC(C)C1CC[C@H]2C3[C@H](OCCCN)CC4C[C@H](OCCCN)CCC4(C)[C@H]3C[C@H](OCCCN)C12C. The Hall–Kier alpha value is -0.280. The van der Waals surface area contributed by atoms with Gasteiger partial charge in [0.25, 0.3) is 0 Å². The first-order valence-corrected chi connectivity index (χ1v) is 24.0. The molecule has 7 nitrogen and oxygen atoms in total. The molecule has 0 bridgehead atoms. The minimum atomic E-state index is 0.179. The first kappa shape index (κ1) is 46.4. The van der Waals surface area contributed by atoms with E-state index in [9.17, 15) is 0 Å². The number of rotatable bonds is 30. The third-order valence-corrected chi connectivity index (χ3v) is 15.7. The summed E-state index contributed by atoms with van der Waals surface area (Å²) < 4.78 is 20.4. The van der Waals surface area contributed by atoms with Crippen molar-refractivity contribution in [2.45, 2.75) is 200 Å². The summed E-state index contributed by atoms with van der Waals surface area (Å²) in [5.74, 6) is 3.91. The first-order chi connectivity index (χ1) is 26.3. The van der Waals surface area contributed by atoms with Gasteiger partial charge in [0.15, 0.2) is 0 Å². The Bertz CT molecular complexity index is 971. The van der Waals surface area contributed by atoms with Crippen LogP contribution >= 0.6 is 0 Å². The van der Waals surface area contributed by atoms with Gasteiger partial charge in [-0.15, -0.1) is 0 Å². The average molecular weight is 761 g/mol. The van der Waals surface area contributed by atoms with Crippen LogP contribution in [-0.2, 0) is 14.2 Å². The first-order valence-electron chi connectivity index (χ1n) is 24.0. The van der Waals surface area contributed by atoms with Gasteiger partial charge in [0, 0.05) is 25.2 Å². The fourth-order valence-corrected chi connectivity index (χ4v) is 12.6. The van der Waals surface area contributed by atoms with Gasteiger partial charge in [0.05, 0.1) is 18.3 Å². The Morgan fingerprint density at radius 2 is 1.22 bits per heavy atom. The van der Waals surface area contributed by atoms with E-state index in [1.54, 1.807) is 0 Å². The molecule has 54 heavy (non-hydrogen) atoms. The van der Waals surface area contributed by atoms with E-state index in [-0.39, 0.29) is 5.41 Å². The van der Waals surface area contributed by atoms with Crippen molar-refractivity contribution < 1.29 is 14.2 Å². The van der Waals surface area contributed by atoms with Crippen molar-refractivity contribution in [2.24, 2.45) is 63.5 Å². The Morgan fingerprint density at radius 3 is 1.87 bits per heavy atom. The van der Waals surface area contributed by atoms with Crippen molar-refractivity contribution in [3.8, 4) is 0 Å². The lowest BCUT2D eigenvalue weighted by Crippen LogP contribution is -2.63. The summed E-state index contributed by atoms with van der Waals surface area (Å²) in [5.41, 5.74) is 18.3. The van der Waals surface area contributed by atoms with Crippen LogP contribution in [0.2, 0.25) is 0 Å². The molecule has 0 aromatic carbocycles. The van der Waals surface area contributed by atoms with E-state index in [4.69, 9.17) is 31.4 Å². The molecule has 0 spiro atoms. The summed E-state index contributed by atoms with van der Waals surface area (Å²) in [6, 6.07) is 0. The number of nitrogens with one attached hydrogen (secondary N) is 1. The maximum absolute atomic E-state index is 7.06. The molecular formula is C47H92N4O3. The van der Waals surface area contributed by atoms with Gasteiger partial charge in [-0.05, 0) is 157 Å². The molecule has 318 valence electrons. The topological polar surface area (TPSA) is 118 Å². The number of hydrogen-bond acceptors (Lipinski definition) is 7. The molecule has 0 aromatic rings. The highest BCUT2D eigenvalue weighted by atomic mass is 16.5. The van der Waals surface area contributed by atoms with Crippen LogP contribution in [0.4, 0.5) is 0 Å². The second-order valence-electron chi connectivity index (χ2n) is 19.2. The van der Waals surface area contributed by atoms with E-state index in [0.717, 1.165) is 52.0 Å². The van der Waals surface area contributed by atoms with Crippen molar-refractivity contribution in [3.05, 3.63) is 0 Å². The van der Waals surface area contributed by atoms with Crippen LogP contribution in [0.25, 0.3) is 0 Å². The maximum Gasteiger partial charge on any atom is 0.0637 e. The van der Waals surface area contributed by atoms with Crippen molar-refractivity contribution in [2.75, 3.05) is 52.5 Å². The number of unbranched alkanes of at least 4 members (excludes halogenated alkanes) is 11. The van der Waals surface area contributed by atoms with E-state index in [0.29, 0.717) is 78.9 Å². The Morgan fingerprint density at radius 1 is 0.630 bits per heavy atom. The molecule has 0 heterocycles. The standard InChI is InChI=1S/C47H92N4O3/c1-5-6-7-8-9-10-11-12-13-14-15-16-29-51-30-17-21-37(2)40-22-23-41-45-42(36-44(47(40,41)4)54-33-20-28-50)46(3)25-24-39(52-31-18-26-48)34-38(46)35-43(45)53-32-19-27-49/h37-45,51H,5-36,48-50H2,1-4H3/t37?,38?,39-,40?,41+,42+,43-,44+,45?,46?,47?/m1/s1. The number of fused-ring (bicyclic) bond motifs is 5. The summed E-state index contributed by atoms with van der Waals surface area (Å²) in [4.78, 5) is 0. The number of nitrogens with two attached hydrogens (primary N) is 3. The van der Waals surface area contributed by atoms with Gasteiger partial charge in [-0.1, -0.05) is 98.3 Å². The highest BCUT2D eigenvalue weighted by Crippen LogP contribution is 2.69. The lowest BCUT2D eigenvalue weighted by Gasteiger charge is -2.65. The van der Waals surface area contributed by atoms with Crippen LogP contribution in [-0.4, -0.2) is 70.9 Å². The average Bonchev–Trinajstić information content (AvgIpc) is 3.53. The third-order valence-electron chi connectivity index (χ3n) is 15.7. The molecule has 4 fully saturated rings. The van der Waals surface area contributed by atoms with Gasteiger partial charge in [-0.3, -0.25) is 0 Å². The molecule has 0 aliphatic heterocycles.